The van der Waals surface area contributed by atoms with Crippen molar-refractivity contribution in [1.29, 1.82) is 0 Å². The number of rotatable bonds is 5. The summed E-state index contributed by atoms with van der Waals surface area (Å²) in [5.74, 6) is 2.96. The van der Waals surface area contributed by atoms with Gasteiger partial charge in [-0.15, -0.1) is 0 Å². The molecule has 6 fully saturated rings. The van der Waals surface area contributed by atoms with E-state index >= 15 is 0 Å². The van der Waals surface area contributed by atoms with Crippen LogP contribution in [0.2, 0.25) is 0 Å². The Bertz CT molecular complexity index is 897. The number of hydrogen-bond donors (Lipinski definition) is 0. The molecule has 191 valence electrons. The second-order valence-corrected chi connectivity index (χ2v) is 11.4. The second-order valence-electron chi connectivity index (χ2n) is 11.2. The van der Waals surface area contributed by atoms with Gasteiger partial charge >= 0.3 is 81.6 Å². The van der Waals surface area contributed by atoms with E-state index in [2.05, 4.69) is 28.2 Å². The SMILES string of the molecule is [Cu]=[N]C12CC3CC(CC(C3)C1)C2.c1ccc([C@@H]2COC(CC3[N-][C@H](c4ccccc4)CO3)[N-]2)cc1. The Morgan fingerprint density at radius 2 is 1.14 bits per heavy atom. The Labute approximate surface area is 217 Å². The van der Waals surface area contributed by atoms with Crippen LogP contribution in [-0.4, -0.2) is 31.2 Å². The molecule has 0 spiro atoms. The van der Waals surface area contributed by atoms with E-state index in [1.165, 1.54) is 49.7 Å². The predicted molar refractivity (Wildman–Crippen MR) is 133 cm³/mol. The van der Waals surface area contributed by atoms with Crippen molar-refractivity contribution in [3.05, 3.63) is 82.4 Å². The fourth-order valence-electron chi connectivity index (χ4n) is 7.27. The summed E-state index contributed by atoms with van der Waals surface area (Å²) < 4.78 is 15.9. The van der Waals surface area contributed by atoms with Crippen LogP contribution >= 0.6 is 0 Å². The maximum Gasteiger partial charge on any atom is 0.0326 e. The summed E-state index contributed by atoms with van der Waals surface area (Å²) in [6.07, 6.45) is 8.87. The summed E-state index contributed by atoms with van der Waals surface area (Å²) >= 11 is 5.11. The van der Waals surface area contributed by atoms with E-state index in [-0.39, 0.29) is 30.1 Å². The minimum atomic E-state index is -0.122. The molecule has 2 aromatic carbocycles. The van der Waals surface area contributed by atoms with Gasteiger partial charge in [-0.05, 0) is 18.9 Å². The van der Waals surface area contributed by atoms with E-state index in [4.69, 9.17) is 35.9 Å². The largest absolute Gasteiger partial charge is 0.628 e. The molecule has 4 bridgehead atoms. The molecule has 4 atom stereocenters. The average molecular weight is 521 g/mol. The Morgan fingerprint density at radius 3 is 1.54 bits per heavy atom. The van der Waals surface area contributed by atoms with Crippen LogP contribution in [0.3, 0.4) is 0 Å². The normalized spacial score (nSPS) is 39.3. The van der Waals surface area contributed by atoms with Gasteiger partial charge in [-0.2, -0.15) is 0 Å². The first-order chi connectivity index (χ1) is 17.2. The van der Waals surface area contributed by atoms with Crippen molar-refractivity contribution in [2.45, 2.75) is 75.0 Å². The molecule has 0 aromatic heterocycles. The minimum Gasteiger partial charge on any atom is -0.628 e. The molecule has 8 rings (SSSR count). The van der Waals surface area contributed by atoms with Gasteiger partial charge in [-0.25, -0.2) is 0 Å². The fourth-order valence-corrected chi connectivity index (χ4v) is 7.53. The van der Waals surface area contributed by atoms with Gasteiger partial charge in [0.15, 0.2) is 0 Å². The molecule has 2 aliphatic heterocycles. The molecule has 0 amide bonds. The Kier molecular flexibility index (Phi) is 7.21. The van der Waals surface area contributed by atoms with Gasteiger partial charge in [0, 0.05) is 13.2 Å². The first kappa shape index (κ1) is 24.0. The average Bonchev–Trinajstić information content (AvgIpc) is 3.55. The van der Waals surface area contributed by atoms with Gasteiger partial charge < -0.3 is 20.1 Å². The maximum absolute atomic E-state index is 5.82. The van der Waals surface area contributed by atoms with Crippen molar-refractivity contribution < 1.29 is 25.3 Å². The summed E-state index contributed by atoms with van der Waals surface area (Å²) in [6, 6.07) is 20.9. The summed E-state index contributed by atoms with van der Waals surface area (Å²) in [6.45, 7) is 1.28. The predicted octanol–water partition coefficient (Wildman–Crippen LogP) is 7.00. The van der Waals surface area contributed by atoms with Crippen LogP contribution in [0.15, 0.2) is 64.6 Å². The summed E-state index contributed by atoms with van der Waals surface area (Å²) in [5.41, 5.74) is 2.69. The van der Waals surface area contributed by atoms with Crippen LogP contribution in [0.1, 0.15) is 68.2 Å². The summed E-state index contributed by atoms with van der Waals surface area (Å²) in [5, 5.41) is 9.51. The van der Waals surface area contributed by atoms with Crippen LogP contribution in [-0.2, 0) is 25.3 Å². The molecular weight excluding hydrogens is 486 g/mol. The van der Waals surface area contributed by atoms with Gasteiger partial charge in [0.2, 0.25) is 0 Å². The van der Waals surface area contributed by atoms with Crippen LogP contribution in [0.5, 0.6) is 0 Å². The molecule has 6 aliphatic rings. The van der Waals surface area contributed by atoms with E-state index in [9.17, 15) is 0 Å². The first-order valence-electron chi connectivity index (χ1n) is 13.2. The fraction of sp³-hybridized carbons (Fsp3) is 0.586. The Morgan fingerprint density at radius 1 is 0.714 bits per heavy atom. The number of ether oxygens (including phenoxy) is 2. The number of nitrogens with zero attached hydrogens (tertiary/aromatic N) is 3. The van der Waals surface area contributed by atoms with Crippen LogP contribution in [0.4, 0.5) is 0 Å². The van der Waals surface area contributed by atoms with E-state index in [0.29, 0.717) is 19.6 Å². The van der Waals surface area contributed by atoms with Gasteiger partial charge in [-0.1, -0.05) is 83.9 Å². The van der Waals surface area contributed by atoms with Crippen molar-refractivity contribution in [1.82, 2.24) is 0 Å². The topological polar surface area (TPSA) is 59.0 Å². The molecule has 2 aromatic rings. The molecule has 2 saturated heterocycles. The molecule has 0 radical (unpaired) electrons. The Balaban J connectivity index is 0.000000159. The summed E-state index contributed by atoms with van der Waals surface area (Å²) in [7, 11) is 0. The van der Waals surface area contributed by atoms with Crippen LogP contribution in [0, 0.1) is 17.8 Å². The first-order valence-corrected chi connectivity index (χ1v) is 13.6. The second kappa shape index (κ2) is 10.5. The standard InChI is InChI=1S/C19H20N2O2.C10H15N.Cu/c1-3-7-14(8-4-1)16-12-22-18(20-16)11-19-21-17(13-23-19)15-9-5-2-6-10-15;11-10-4-7-1-8(5-10)3-9(2-7)6-10;/h1-10,16-19H,11-13H2;7-9H,1-6H2;/q-2;;/t16-,17-,18?,19?;;/m0../s1. The Hall–Kier alpha value is -1.40. The van der Waals surface area contributed by atoms with Crippen molar-refractivity contribution in [3.63, 3.8) is 0 Å². The van der Waals surface area contributed by atoms with Gasteiger partial charge in [0.1, 0.15) is 0 Å². The molecule has 35 heavy (non-hydrogen) atoms. The zero-order chi connectivity index (χ0) is 23.7. The van der Waals surface area contributed by atoms with Crippen molar-refractivity contribution in [2.75, 3.05) is 13.2 Å². The van der Waals surface area contributed by atoms with Crippen molar-refractivity contribution in [2.24, 2.45) is 21.7 Å². The number of hydrogen-bond acceptors (Lipinski definition) is 3. The molecule has 6 heteroatoms. The van der Waals surface area contributed by atoms with Crippen LogP contribution < -0.4 is 0 Å². The molecule has 2 unspecified atom stereocenters. The third-order valence-electron chi connectivity index (χ3n) is 8.51. The van der Waals surface area contributed by atoms with Gasteiger partial charge in [0.05, 0.1) is 0 Å². The third-order valence-corrected chi connectivity index (χ3v) is 8.95. The monoisotopic (exact) mass is 520 g/mol. The summed E-state index contributed by atoms with van der Waals surface area (Å²) in [4.78, 5) is 0. The molecular formula is C29H35CuN3O2-2. The zero-order valence-electron chi connectivity index (χ0n) is 20.1. The van der Waals surface area contributed by atoms with E-state index in [1.54, 1.807) is 0 Å². The van der Waals surface area contributed by atoms with E-state index in [1.807, 2.05) is 36.4 Å². The number of benzene rings is 2. The van der Waals surface area contributed by atoms with Crippen molar-refractivity contribution >= 4 is 0 Å². The smallest absolute Gasteiger partial charge is 0.0326 e. The molecule has 2 heterocycles. The quantitative estimate of drug-likeness (QED) is 0.398. The van der Waals surface area contributed by atoms with Crippen molar-refractivity contribution in [3.8, 4) is 0 Å². The molecule has 4 aliphatic carbocycles. The molecule has 0 N–H and O–H groups in total. The van der Waals surface area contributed by atoms with E-state index < -0.39 is 0 Å². The van der Waals surface area contributed by atoms with Gasteiger partial charge in [-0.3, -0.25) is 0 Å². The molecule has 4 saturated carbocycles. The maximum atomic E-state index is 5.82. The minimum absolute atomic E-state index is 0.122. The van der Waals surface area contributed by atoms with E-state index in [0.717, 1.165) is 17.8 Å². The third kappa shape index (κ3) is 5.48. The molecule has 5 nitrogen and oxygen atoms in total. The zero-order valence-corrected chi connectivity index (χ0v) is 21.1. The van der Waals surface area contributed by atoms with Gasteiger partial charge in [0.25, 0.3) is 0 Å². The van der Waals surface area contributed by atoms with Crippen LogP contribution in [0.25, 0.3) is 10.6 Å².